The maximum Gasteiger partial charge on any atom is 0.230 e. The van der Waals surface area contributed by atoms with E-state index in [-0.39, 0.29) is 5.82 Å². The lowest BCUT2D eigenvalue weighted by atomic mass is 10.1. The van der Waals surface area contributed by atoms with Gasteiger partial charge in [0.25, 0.3) is 0 Å². The number of morpholine rings is 1. The molecule has 0 N–H and O–H groups in total. The fourth-order valence-corrected chi connectivity index (χ4v) is 4.03. The van der Waals surface area contributed by atoms with Gasteiger partial charge in [0.15, 0.2) is 0 Å². The molecule has 1 fully saturated rings. The zero-order valence-electron chi connectivity index (χ0n) is 18.4. The third-order valence-electron chi connectivity index (χ3n) is 5.37. The molecule has 2 heterocycles. The Kier molecular flexibility index (Phi) is 8.10. The Hall–Kier alpha value is -2.73. The van der Waals surface area contributed by atoms with Gasteiger partial charge in [0.05, 0.1) is 41.3 Å². The molecule has 0 amide bonds. The molecular weight excluding hydrogens is 489 g/mol. The average Bonchev–Trinajstić information content (AvgIpc) is 2.83. The van der Waals surface area contributed by atoms with Gasteiger partial charge in [0.1, 0.15) is 23.6 Å². The van der Waals surface area contributed by atoms with Crippen LogP contribution in [-0.4, -0.2) is 54.8 Å². The van der Waals surface area contributed by atoms with Gasteiger partial charge < -0.3 is 14.2 Å². The van der Waals surface area contributed by atoms with E-state index in [0.717, 1.165) is 57.7 Å². The molecule has 8 heteroatoms. The van der Waals surface area contributed by atoms with Gasteiger partial charge in [0.2, 0.25) is 5.88 Å². The summed E-state index contributed by atoms with van der Waals surface area (Å²) in [6.45, 7) is 4.80. The molecule has 1 aliphatic heterocycles. The summed E-state index contributed by atoms with van der Waals surface area (Å²) in [6.07, 6.45) is 4.43. The van der Waals surface area contributed by atoms with Crippen molar-refractivity contribution in [1.29, 1.82) is 0 Å². The molecule has 2 aromatic carbocycles. The molecule has 1 aliphatic rings. The first-order valence-electron chi connectivity index (χ1n) is 10.9. The van der Waals surface area contributed by atoms with Crippen molar-refractivity contribution < 1.29 is 18.6 Å². The highest BCUT2D eigenvalue weighted by molar-refractivity contribution is 9.10. The van der Waals surface area contributed by atoms with Gasteiger partial charge in [-0.05, 0) is 65.6 Å². The van der Waals surface area contributed by atoms with Gasteiger partial charge in [-0.3, -0.25) is 4.90 Å². The predicted octanol–water partition coefficient (Wildman–Crippen LogP) is 5.19. The minimum Gasteiger partial charge on any atom is -0.495 e. The molecule has 1 saturated heterocycles. The van der Waals surface area contributed by atoms with E-state index in [1.54, 1.807) is 13.2 Å². The first-order valence-corrected chi connectivity index (χ1v) is 11.7. The number of unbranched alkanes of at least 4 members (excludes halogenated alkanes) is 2. The summed E-state index contributed by atoms with van der Waals surface area (Å²) in [5, 5.41) is 0.682. The molecule has 1 aromatic heterocycles. The standard InChI is InChI=1S/C25H25BrFN3O3/c1-31-24-16-20-22(28-17-29-25(20)33-23-8-7-19(27)15-21(23)26)14-18(24)6-4-2-3-5-9-30-10-12-32-13-11-30/h7-8,14-17H,2-3,5,9-13H2,1H3. The number of ether oxygens (including phenoxy) is 3. The highest BCUT2D eigenvalue weighted by Crippen LogP contribution is 2.34. The Balaban J connectivity index is 1.46. The maximum atomic E-state index is 13.4. The van der Waals surface area contributed by atoms with Crippen LogP contribution in [0, 0.1) is 17.7 Å². The van der Waals surface area contributed by atoms with E-state index in [4.69, 9.17) is 14.2 Å². The smallest absolute Gasteiger partial charge is 0.230 e. The lowest BCUT2D eigenvalue weighted by molar-refractivity contribution is 0.0372. The molecule has 0 saturated carbocycles. The topological polar surface area (TPSA) is 56.7 Å². The number of aromatic nitrogens is 2. The number of nitrogens with zero attached hydrogens (tertiary/aromatic N) is 3. The summed E-state index contributed by atoms with van der Waals surface area (Å²) in [4.78, 5) is 11.1. The lowest BCUT2D eigenvalue weighted by Gasteiger charge is -2.26. The third-order valence-corrected chi connectivity index (χ3v) is 5.99. The van der Waals surface area contributed by atoms with Crippen molar-refractivity contribution in [3.63, 3.8) is 0 Å². The Morgan fingerprint density at radius 2 is 1.97 bits per heavy atom. The molecule has 0 spiro atoms. The molecular formula is C25H25BrFN3O3. The fraction of sp³-hybridized carbons (Fsp3) is 0.360. The van der Waals surface area contributed by atoms with Crippen LogP contribution < -0.4 is 9.47 Å². The second kappa shape index (κ2) is 11.4. The van der Waals surface area contributed by atoms with Crippen molar-refractivity contribution in [3.05, 3.63) is 52.5 Å². The number of benzene rings is 2. The van der Waals surface area contributed by atoms with Crippen LogP contribution in [0.4, 0.5) is 4.39 Å². The van der Waals surface area contributed by atoms with E-state index < -0.39 is 0 Å². The van der Waals surface area contributed by atoms with Gasteiger partial charge in [-0.25, -0.2) is 14.4 Å². The second-order valence-electron chi connectivity index (χ2n) is 7.64. The van der Waals surface area contributed by atoms with Gasteiger partial charge in [-0.15, -0.1) is 0 Å². The average molecular weight is 514 g/mol. The van der Waals surface area contributed by atoms with Crippen LogP contribution in [0.3, 0.4) is 0 Å². The van der Waals surface area contributed by atoms with Gasteiger partial charge in [-0.1, -0.05) is 11.8 Å². The fourth-order valence-electron chi connectivity index (χ4n) is 3.60. The highest BCUT2D eigenvalue weighted by atomic mass is 79.9. The second-order valence-corrected chi connectivity index (χ2v) is 8.49. The lowest BCUT2D eigenvalue weighted by Crippen LogP contribution is -2.36. The Morgan fingerprint density at radius 3 is 2.76 bits per heavy atom. The molecule has 0 unspecified atom stereocenters. The monoisotopic (exact) mass is 513 g/mol. The number of methoxy groups -OCH3 is 1. The van der Waals surface area contributed by atoms with Crippen LogP contribution >= 0.6 is 15.9 Å². The highest BCUT2D eigenvalue weighted by Gasteiger charge is 2.13. The van der Waals surface area contributed by atoms with Crippen LogP contribution in [0.1, 0.15) is 24.8 Å². The minimum atomic E-state index is -0.354. The van der Waals surface area contributed by atoms with Gasteiger partial charge in [0, 0.05) is 19.5 Å². The number of hydrogen-bond donors (Lipinski definition) is 0. The van der Waals surface area contributed by atoms with Crippen LogP contribution in [0.25, 0.3) is 10.9 Å². The van der Waals surface area contributed by atoms with E-state index in [9.17, 15) is 4.39 Å². The Bertz CT molecular complexity index is 1170. The van der Waals surface area contributed by atoms with Crippen molar-refractivity contribution >= 4 is 26.8 Å². The molecule has 6 nitrogen and oxygen atoms in total. The number of halogens is 2. The largest absolute Gasteiger partial charge is 0.495 e. The van der Waals surface area contributed by atoms with Crippen LogP contribution in [0.15, 0.2) is 41.1 Å². The molecule has 0 radical (unpaired) electrons. The van der Waals surface area contributed by atoms with E-state index in [0.29, 0.717) is 32.8 Å². The first kappa shape index (κ1) is 23.4. The van der Waals surface area contributed by atoms with Crippen molar-refractivity contribution in [2.24, 2.45) is 0 Å². The third kappa shape index (κ3) is 6.20. The molecule has 0 aliphatic carbocycles. The summed E-state index contributed by atoms with van der Waals surface area (Å²) in [6, 6.07) is 7.92. The molecule has 3 aromatic rings. The van der Waals surface area contributed by atoms with Crippen molar-refractivity contribution in [3.8, 4) is 29.2 Å². The Labute approximate surface area is 201 Å². The summed E-state index contributed by atoms with van der Waals surface area (Å²) in [5.41, 5.74) is 1.46. The van der Waals surface area contributed by atoms with Crippen LogP contribution in [0.2, 0.25) is 0 Å². The number of hydrogen-bond acceptors (Lipinski definition) is 6. The molecule has 0 atom stereocenters. The van der Waals surface area contributed by atoms with Crippen LogP contribution in [0.5, 0.6) is 17.4 Å². The number of rotatable bonds is 7. The van der Waals surface area contributed by atoms with E-state index in [1.807, 2.05) is 12.1 Å². The van der Waals surface area contributed by atoms with Crippen LogP contribution in [-0.2, 0) is 4.74 Å². The van der Waals surface area contributed by atoms with Gasteiger partial charge >= 0.3 is 0 Å². The summed E-state index contributed by atoms with van der Waals surface area (Å²) >= 11 is 3.32. The predicted molar refractivity (Wildman–Crippen MR) is 128 cm³/mol. The van der Waals surface area contributed by atoms with E-state index >= 15 is 0 Å². The molecule has 172 valence electrons. The first-order chi connectivity index (χ1) is 16.1. The summed E-state index contributed by atoms with van der Waals surface area (Å²) in [7, 11) is 1.61. The quantitative estimate of drug-likeness (QED) is 0.320. The van der Waals surface area contributed by atoms with E-state index in [1.165, 1.54) is 18.5 Å². The minimum absolute atomic E-state index is 0.354. The number of fused-ring (bicyclic) bond motifs is 1. The SMILES string of the molecule is COc1cc2c(Oc3ccc(F)cc3Br)ncnc2cc1C#CCCCCN1CCOCC1. The normalized spacial score (nSPS) is 14.0. The van der Waals surface area contributed by atoms with Crippen molar-refractivity contribution in [1.82, 2.24) is 14.9 Å². The van der Waals surface area contributed by atoms with E-state index in [2.05, 4.69) is 42.6 Å². The zero-order valence-corrected chi connectivity index (χ0v) is 20.0. The summed E-state index contributed by atoms with van der Waals surface area (Å²) in [5.74, 6) is 7.56. The van der Waals surface area contributed by atoms with Gasteiger partial charge in [-0.2, -0.15) is 0 Å². The molecule has 0 bridgehead atoms. The molecule has 33 heavy (non-hydrogen) atoms. The van der Waals surface area contributed by atoms with Crippen molar-refractivity contribution in [2.75, 3.05) is 40.0 Å². The maximum absolute atomic E-state index is 13.4. The molecule has 4 rings (SSSR count). The summed E-state index contributed by atoms with van der Waals surface area (Å²) < 4.78 is 30.8. The van der Waals surface area contributed by atoms with Crippen molar-refractivity contribution in [2.45, 2.75) is 19.3 Å². The Morgan fingerprint density at radius 1 is 1.12 bits per heavy atom. The zero-order chi connectivity index (χ0) is 23.0.